The van der Waals surface area contributed by atoms with Gasteiger partial charge < -0.3 is 4.52 Å². The van der Waals surface area contributed by atoms with Gasteiger partial charge in [0, 0.05) is 10.9 Å². The van der Waals surface area contributed by atoms with E-state index in [1.807, 2.05) is 16.8 Å². The first kappa shape index (κ1) is 9.86. The summed E-state index contributed by atoms with van der Waals surface area (Å²) in [6.45, 7) is 2.06. The zero-order valence-corrected chi connectivity index (χ0v) is 10.0. The van der Waals surface area contributed by atoms with Crippen molar-refractivity contribution in [3.05, 3.63) is 22.7 Å². The van der Waals surface area contributed by atoms with Gasteiger partial charge in [-0.05, 0) is 17.9 Å². The number of hydrogen-bond donors (Lipinski definition) is 0. The molecule has 0 radical (unpaired) electrons. The van der Waals surface area contributed by atoms with Crippen LogP contribution in [0.5, 0.6) is 0 Å². The van der Waals surface area contributed by atoms with Crippen molar-refractivity contribution in [3.63, 3.8) is 0 Å². The third-order valence-corrected chi connectivity index (χ3v) is 3.57. The Labute approximate surface area is 94.3 Å². The van der Waals surface area contributed by atoms with E-state index < -0.39 is 0 Å². The number of nitrogens with zero attached hydrogens (tertiary/aromatic N) is 2. The predicted octanol–water partition coefficient (Wildman–Crippen LogP) is 3.64. The van der Waals surface area contributed by atoms with Crippen molar-refractivity contribution in [2.45, 2.75) is 18.2 Å². The van der Waals surface area contributed by atoms with Crippen molar-refractivity contribution in [1.82, 2.24) is 10.1 Å². The molecule has 0 saturated heterocycles. The standard InChI is InChI=1S/C9H9BrN2OS/c1-2-7(10)9-11-8(12-13-9)6-3-4-14-5-6/h3-5,7H,2H2,1H3. The maximum absolute atomic E-state index is 5.14. The fourth-order valence-corrected chi connectivity index (χ4v) is 1.87. The van der Waals surface area contributed by atoms with E-state index in [0.29, 0.717) is 11.7 Å². The third kappa shape index (κ3) is 1.88. The van der Waals surface area contributed by atoms with Crippen LogP contribution in [0.3, 0.4) is 0 Å². The zero-order valence-electron chi connectivity index (χ0n) is 7.61. The Hall–Kier alpha value is -0.680. The van der Waals surface area contributed by atoms with Crippen LogP contribution in [0.1, 0.15) is 24.1 Å². The van der Waals surface area contributed by atoms with Crippen LogP contribution < -0.4 is 0 Å². The van der Waals surface area contributed by atoms with Gasteiger partial charge in [0.15, 0.2) is 0 Å². The van der Waals surface area contributed by atoms with Crippen LogP contribution >= 0.6 is 27.3 Å². The zero-order chi connectivity index (χ0) is 9.97. The summed E-state index contributed by atoms with van der Waals surface area (Å²) in [5, 5.41) is 7.92. The van der Waals surface area contributed by atoms with Crippen molar-refractivity contribution in [1.29, 1.82) is 0 Å². The van der Waals surface area contributed by atoms with E-state index in [2.05, 4.69) is 33.0 Å². The molecule has 0 aliphatic heterocycles. The Morgan fingerprint density at radius 3 is 3.14 bits per heavy atom. The molecule has 3 nitrogen and oxygen atoms in total. The molecule has 2 aromatic heterocycles. The lowest BCUT2D eigenvalue weighted by Gasteiger charge is -1.96. The molecular formula is C9H9BrN2OS. The Bertz CT molecular complexity index is 399. The SMILES string of the molecule is CCC(Br)c1nc(-c2ccsc2)no1. The molecule has 0 fully saturated rings. The maximum Gasteiger partial charge on any atom is 0.240 e. The smallest absolute Gasteiger partial charge is 0.240 e. The molecule has 0 N–H and O–H groups in total. The van der Waals surface area contributed by atoms with Crippen LogP contribution in [-0.4, -0.2) is 10.1 Å². The second kappa shape index (κ2) is 4.23. The molecule has 1 unspecified atom stereocenters. The minimum atomic E-state index is 0.155. The molecule has 0 amide bonds. The lowest BCUT2D eigenvalue weighted by atomic mass is 10.3. The summed E-state index contributed by atoms with van der Waals surface area (Å²) < 4.78 is 5.14. The molecule has 0 aliphatic carbocycles. The first-order chi connectivity index (χ1) is 6.81. The average molecular weight is 273 g/mol. The summed E-state index contributed by atoms with van der Waals surface area (Å²) in [6, 6.07) is 1.98. The van der Waals surface area contributed by atoms with Crippen molar-refractivity contribution in [3.8, 4) is 11.4 Å². The molecule has 2 aromatic rings. The van der Waals surface area contributed by atoms with Gasteiger partial charge in [-0.2, -0.15) is 16.3 Å². The van der Waals surface area contributed by atoms with Crippen LogP contribution in [-0.2, 0) is 0 Å². The Morgan fingerprint density at radius 1 is 1.64 bits per heavy atom. The van der Waals surface area contributed by atoms with Gasteiger partial charge in [-0.15, -0.1) is 0 Å². The average Bonchev–Trinajstić information content (AvgIpc) is 2.86. The van der Waals surface area contributed by atoms with E-state index in [4.69, 9.17) is 4.52 Å². The highest BCUT2D eigenvalue weighted by atomic mass is 79.9. The predicted molar refractivity (Wildman–Crippen MR) is 59.6 cm³/mol. The molecular weight excluding hydrogens is 264 g/mol. The summed E-state index contributed by atoms with van der Waals surface area (Å²) in [4.78, 5) is 4.46. The number of alkyl halides is 1. The number of rotatable bonds is 3. The van der Waals surface area contributed by atoms with Gasteiger partial charge in [0.2, 0.25) is 11.7 Å². The van der Waals surface area contributed by atoms with Gasteiger partial charge in [0.1, 0.15) is 0 Å². The van der Waals surface area contributed by atoms with Crippen LogP contribution in [0.15, 0.2) is 21.3 Å². The van der Waals surface area contributed by atoms with Gasteiger partial charge in [-0.3, -0.25) is 0 Å². The van der Waals surface area contributed by atoms with Crippen molar-refractivity contribution >= 4 is 27.3 Å². The van der Waals surface area contributed by atoms with Gasteiger partial charge in [0.05, 0.1) is 4.83 Å². The quantitative estimate of drug-likeness (QED) is 0.801. The minimum absolute atomic E-state index is 0.155. The van der Waals surface area contributed by atoms with E-state index in [1.54, 1.807) is 11.3 Å². The lowest BCUT2D eigenvalue weighted by molar-refractivity contribution is 0.377. The summed E-state index contributed by atoms with van der Waals surface area (Å²) in [5.74, 6) is 1.31. The molecule has 0 bridgehead atoms. The molecule has 0 spiro atoms. The molecule has 0 aliphatic rings. The first-order valence-corrected chi connectivity index (χ1v) is 6.17. The molecule has 1 atom stereocenters. The number of thiophene rings is 1. The van der Waals surface area contributed by atoms with E-state index in [0.717, 1.165) is 12.0 Å². The fourth-order valence-electron chi connectivity index (χ4n) is 1.05. The van der Waals surface area contributed by atoms with E-state index >= 15 is 0 Å². The van der Waals surface area contributed by atoms with Gasteiger partial charge in [-0.1, -0.05) is 28.0 Å². The summed E-state index contributed by atoms with van der Waals surface area (Å²) >= 11 is 5.09. The Balaban J connectivity index is 2.26. The second-order valence-corrected chi connectivity index (χ2v) is 4.73. The molecule has 14 heavy (non-hydrogen) atoms. The molecule has 2 heterocycles. The van der Waals surface area contributed by atoms with Crippen LogP contribution in [0.2, 0.25) is 0 Å². The highest BCUT2D eigenvalue weighted by molar-refractivity contribution is 9.09. The molecule has 2 rings (SSSR count). The Kier molecular flexibility index (Phi) is 2.98. The summed E-state index contributed by atoms with van der Waals surface area (Å²) in [7, 11) is 0. The highest BCUT2D eigenvalue weighted by Gasteiger charge is 2.14. The largest absolute Gasteiger partial charge is 0.338 e. The van der Waals surface area contributed by atoms with Gasteiger partial charge in [-0.25, -0.2) is 0 Å². The molecule has 74 valence electrons. The van der Waals surface area contributed by atoms with Crippen molar-refractivity contribution in [2.24, 2.45) is 0 Å². The van der Waals surface area contributed by atoms with Crippen molar-refractivity contribution in [2.75, 3.05) is 0 Å². The van der Waals surface area contributed by atoms with E-state index in [-0.39, 0.29) is 4.83 Å². The highest BCUT2D eigenvalue weighted by Crippen LogP contribution is 2.27. The van der Waals surface area contributed by atoms with E-state index in [1.165, 1.54) is 0 Å². The summed E-state index contributed by atoms with van der Waals surface area (Å²) in [6.07, 6.45) is 0.936. The van der Waals surface area contributed by atoms with Crippen LogP contribution in [0.25, 0.3) is 11.4 Å². The molecule has 5 heteroatoms. The van der Waals surface area contributed by atoms with E-state index in [9.17, 15) is 0 Å². The Morgan fingerprint density at radius 2 is 2.50 bits per heavy atom. The number of aromatic nitrogens is 2. The lowest BCUT2D eigenvalue weighted by Crippen LogP contribution is -1.86. The van der Waals surface area contributed by atoms with Crippen LogP contribution in [0.4, 0.5) is 0 Å². The first-order valence-electron chi connectivity index (χ1n) is 4.31. The second-order valence-electron chi connectivity index (χ2n) is 2.84. The van der Waals surface area contributed by atoms with Gasteiger partial charge >= 0.3 is 0 Å². The monoisotopic (exact) mass is 272 g/mol. The maximum atomic E-state index is 5.14. The number of halogens is 1. The third-order valence-electron chi connectivity index (χ3n) is 1.85. The normalized spacial score (nSPS) is 13.0. The fraction of sp³-hybridized carbons (Fsp3) is 0.333. The van der Waals surface area contributed by atoms with Crippen molar-refractivity contribution < 1.29 is 4.52 Å². The summed E-state index contributed by atoms with van der Waals surface area (Å²) in [5.41, 5.74) is 1.01. The topological polar surface area (TPSA) is 38.9 Å². The molecule has 0 saturated carbocycles. The minimum Gasteiger partial charge on any atom is -0.338 e. The van der Waals surface area contributed by atoms with Gasteiger partial charge in [0.25, 0.3) is 0 Å². The van der Waals surface area contributed by atoms with Crippen LogP contribution in [0, 0.1) is 0 Å². The molecule has 0 aromatic carbocycles. The number of hydrogen-bond acceptors (Lipinski definition) is 4.